The Morgan fingerprint density at radius 1 is 1.12 bits per heavy atom. The molecule has 0 bridgehead atoms. The fourth-order valence-corrected chi connectivity index (χ4v) is 4.54. The normalized spacial score (nSPS) is 25.4. The van der Waals surface area contributed by atoms with E-state index in [-0.39, 0.29) is 27.9 Å². The number of aliphatic hydroxyl groups is 2. The van der Waals surface area contributed by atoms with Crippen LogP contribution in [0.3, 0.4) is 0 Å². The van der Waals surface area contributed by atoms with E-state index in [2.05, 4.69) is 0 Å². The van der Waals surface area contributed by atoms with E-state index in [1.54, 1.807) is 6.19 Å². The van der Waals surface area contributed by atoms with Gasteiger partial charge < -0.3 is 24.8 Å². The van der Waals surface area contributed by atoms with Crippen LogP contribution in [0.2, 0.25) is 0 Å². The predicted molar refractivity (Wildman–Crippen MR) is 106 cm³/mol. The van der Waals surface area contributed by atoms with E-state index >= 15 is 0 Å². The molecule has 0 saturated carbocycles. The van der Waals surface area contributed by atoms with Crippen LogP contribution in [0.4, 0.5) is 0 Å². The van der Waals surface area contributed by atoms with Crippen LogP contribution < -0.4 is 0 Å². The first-order valence-corrected chi connectivity index (χ1v) is 9.78. The molecule has 0 radical (unpaired) electrons. The molecule has 1 heterocycles. The Hall–Kier alpha value is -4.01. The molecule has 0 amide bonds. The second kappa shape index (κ2) is 7.26. The summed E-state index contributed by atoms with van der Waals surface area (Å²) in [5.74, 6) is -3.92. The summed E-state index contributed by atoms with van der Waals surface area (Å²) in [4.78, 5) is 50.3. The number of benzene rings is 1. The minimum Gasteiger partial charge on any atom is -0.507 e. The number of nitriles is 1. The zero-order valence-corrected chi connectivity index (χ0v) is 17.6. The van der Waals surface area contributed by atoms with Crippen molar-refractivity contribution in [1.29, 1.82) is 5.26 Å². The molecule has 2 aliphatic carbocycles. The summed E-state index contributed by atoms with van der Waals surface area (Å²) in [6.45, 7) is 3.19. The third-order valence-corrected chi connectivity index (χ3v) is 5.82. The molecule has 33 heavy (non-hydrogen) atoms. The zero-order chi connectivity index (χ0) is 24.4. The second-order valence-electron chi connectivity index (χ2n) is 8.01. The third-order valence-electron chi connectivity index (χ3n) is 5.82. The number of ketones is 2. The van der Waals surface area contributed by atoms with Crippen LogP contribution in [0.25, 0.3) is 0 Å². The Bertz CT molecular complexity index is 1300. The van der Waals surface area contributed by atoms with E-state index in [9.17, 15) is 39.8 Å². The van der Waals surface area contributed by atoms with Gasteiger partial charge in [0.2, 0.25) is 5.78 Å². The van der Waals surface area contributed by atoms with Gasteiger partial charge in [0.05, 0.1) is 16.8 Å². The van der Waals surface area contributed by atoms with E-state index in [1.807, 2.05) is 0 Å². The minimum absolute atomic E-state index is 0.164. The Morgan fingerprint density at radius 3 is 2.33 bits per heavy atom. The van der Waals surface area contributed by atoms with Gasteiger partial charge in [0.15, 0.2) is 24.2 Å². The number of carbonyl (C=O) groups excluding carboxylic acids is 4. The number of nitrogens with zero attached hydrogens (tertiary/aromatic N) is 2. The Labute approximate surface area is 186 Å². The van der Waals surface area contributed by atoms with Crippen molar-refractivity contribution in [3.05, 3.63) is 51.8 Å². The third kappa shape index (κ3) is 2.95. The van der Waals surface area contributed by atoms with Crippen LogP contribution in [0.1, 0.15) is 76.2 Å². The summed E-state index contributed by atoms with van der Waals surface area (Å²) in [5.41, 5.74) is -4.19. The van der Waals surface area contributed by atoms with Gasteiger partial charge in [0.1, 0.15) is 23.1 Å². The number of fused-ring (bicyclic) bond motifs is 4. The lowest BCUT2D eigenvalue weighted by molar-refractivity contribution is -0.215. The maximum absolute atomic E-state index is 13.4. The predicted octanol–water partition coefficient (Wildman–Crippen LogP) is 0.632. The monoisotopic (exact) mass is 454 g/mol. The van der Waals surface area contributed by atoms with Crippen molar-refractivity contribution in [2.24, 2.45) is 0 Å². The van der Waals surface area contributed by atoms with E-state index in [1.165, 1.54) is 18.2 Å². The number of hydrogen-bond acceptors (Lipinski definition) is 10. The summed E-state index contributed by atoms with van der Waals surface area (Å²) >= 11 is 0. The molecule has 0 saturated heterocycles. The van der Waals surface area contributed by atoms with Gasteiger partial charge in [-0.25, -0.2) is 4.57 Å². The topological polar surface area (TPSA) is 176 Å². The van der Waals surface area contributed by atoms with Gasteiger partial charge in [-0.1, -0.05) is 12.1 Å². The molecule has 2 aliphatic rings. The fourth-order valence-electron chi connectivity index (χ4n) is 4.54. The average molecular weight is 454 g/mol. The molecule has 2 aromatic rings. The van der Waals surface area contributed by atoms with Crippen molar-refractivity contribution in [3.63, 3.8) is 0 Å². The molecule has 0 aliphatic heterocycles. The van der Waals surface area contributed by atoms with E-state index < -0.39 is 58.9 Å². The van der Waals surface area contributed by atoms with Crippen LogP contribution in [0.15, 0.2) is 18.2 Å². The maximum Gasteiger partial charge on any atom is 0.303 e. The largest absolute Gasteiger partial charge is 0.507 e. The van der Waals surface area contributed by atoms with Crippen LogP contribution >= 0.6 is 0 Å². The molecule has 11 heteroatoms. The van der Waals surface area contributed by atoms with Gasteiger partial charge in [-0.05, 0) is 13.0 Å². The second-order valence-corrected chi connectivity index (χ2v) is 8.01. The SMILES string of the molecule is CC(=O)O[C@@H]1c2c(c3c(n2C#N)C(=O)c2c(O)cccc2C3=O)[C@H](O)[C@@H](OC(C)=O)[C@]1(C)O. The molecule has 0 fully saturated rings. The first-order chi connectivity index (χ1) is 15.4. The number of phenolic OH excluding ortho intramolecular Hbond substituents is 1. The lowest BCUT2D eigenvalue weighted by Crippen LogP contribution is -2.55. The summed E-state index contributed by atoms with van der Waals surface area (Å²) in [7, 11) is 0. The molecular weight excluding hydrogens is 436 g/mol. The molecule has 1 aromatic heterocycles. The molecule has 170 valence electrons. The van der Waals surface area contributed by atoms with Crippen molar-refractivity contribution in [3.8, 4) is 11.9 Å². The first kappa shape index (κ1) is 22.2. The molecule has 0 spiro atoms. The van der Waals surface area contributed by atoms with Gasteiger partial charge in [-0.3, -0.25) is 19.2 Å². The Kier molecular flexibility index (Phi) is 4.88. The lowest BCUT2D eigenvalue weighted by Gasteiger charge is -2.44. The number of aromatic nitrogens is 1. The van der Waals surface area contributed by atoms with Gasteiger partial charge in [0, 0.05) is 25.0 Å². The minimum atomic E-state index is -2.25. The number of aliphatic hydroxyl groups excluding tert-OH is 1. The van der Waals surface area contributed by atoms with Crippen molar-refractivity contribution in [2.75, 3.05) is 0 Å². The van der Waals surface area contributed by atoms with E-state index in [0.29, 0.717) is 4.57 Å². The molecule has 3 N–H and O–H groups in total. The van der Waals surface area contributed by atoms with E-state index in [4.69, 9.17) is 9.47 Å². The number of aromatic hydroxyl groups is 1. The van der Waals surface area contributed by atoms with Gasteiger partial charge >= 0.3 is 11.9 Å². The molecule has 1 aromatic carbocycles. The maximum atomic E-state index is 13.4. The number of carbonyl (C=O) groups is 4. The molecule has 4 rings (SSSR count). The van der Waals surface area contributed by atoms with Gasteiger partial charge in [-0.15, -0.1) is 0 Å². The summed E-state index contributed by atoms with van der Waals surface area (Å²) in [5, 5.41) is 42.4. The average Bonchev–Trinajstić information content (AvgIpc) is 3.07. The van der Waals surface area contributed by atoms with Gasteiger partial charge in [-0.2, -0.15) is 5.26 Å². The summed E-state index contributed by atoms with van der Waals surface area (Å²) in [6.07, 6.45) is -3.54. The van der Waals surface area contributed by atoms with Crippen LogP contribution in [-0.4, -0.2) is 55.1 Å². The van der Waals surface area contributed by atoms with Gasteiger partial charge in [0.25, 0.3) is 0 Å². The Balaban J connectivity index is 2.10. The number of phenols is 1. The lowest BCUT2D eigenvalue weighted by atomic mass is 9.75. The number of esters is 2. The first-order valence-electron chi connectivity index (χ1n) is 9.78. The zero-order valence-electron chi connectivity index (χ0n) is 17.6. The van der Waals surface area contributed by atoms with Crippen LogP contribution in [0, 0.1) is 11.5 Å². The number of hydrogen-bond donors (Lipinski definition) is 3. The quantitative estimate of drug-likeness (QED) is 0.466. The van der Waals surface area contributed by atoms with E-state index in [0.717, 1.165) is 20.8 Å². The highest BCUT2D eigenvalue weighted by atomic mass is 16.6. The number of ether oxygens (including phenoxy) is 2. The number of rotatable bonds is 2. The molecule has 11 nitrogen and oxygen atoms in total. The van der Waals surface area contributed by atoms with Crippen LogP contribution in [0.5, 0.6) is 5.75 Å². The molecular formula is C22H18N2O9. The van der Waals surface area contributed by atoms with Crippen LogP contribution in [-0.2, 0) is 19.1 Å². The fraction of sp³-hybridized carbons (Fsp3) is 0.318. The Morgan fingerprint density at radius 2 is 1.76 bits per heavy atom. The summed E-state index contributed by atoms with van der Waals surface area (Å²) < 4.78 is 11.1. The summed E-state index contributed by atoms with van der Waals surface area (Å²) in [6, 6.07) is 3.85. The highest BCUT2D eigenvalue weighted by molar-refractivity contribution is 6.29. The van der Waals surface area contributed by atoms with Crippen molar-refractivity contribution >= 4 is 23.5 Å². The van der Waals surface area contributed by atoms with Crippen molar-refractivity contribution in [1.82, 2.24) is 4.57 Å². The standard InChI is InChI=1S/C22H18N2O9/c1-8(25)32-20-16-14(19(30)21(22(20,3)31)33-9(2)26)13-15(24(16)7-23)18(29)12-10(17(13)28)5-4-6-11(12)27/h4-6,19-21,27,30-31H,1-3H3/t19-,20+,21+,22+/m0/s1. The smallest absolute Gasteiger partial charge is 0.303 e. The molecule has 0 unspecified atom stereocenters. The highest BCUT2D eigenvalue weighted by Crippen LogP contribution is 2.51. The highest BCUT2D eigenvalue weighted by Gasteiger charge is 2.58. The molecule has 4 atom stereocenters. The van der Waals surface area contributed by atoms with Crippen molar-refractivity contribution < 1.29 is 44.0 Å². The van der Waals surface area contributed by atoms with Crippen molar-refractivity contribution in [2.45, 2.75) is 44.7 Å².